The van der Waals surface area contributed by atoms with Crippen LogP contribution in [-0.4, -0.2) is 35.1 Å². The smallest absolute Gasteiger partial charge is 0.254 e. The van der Waals surface area contributed by atoms with Gasteiger partial charge in [0.25, 0.3) is 5.91 Å². The standard InChI is InChI=1S/C12H17N3O2/c13-9-4-8(5-10(14)6-9)12(17)15-3-1-2-11(15)7-16/h4-6,11,16H,1-3,7,13-14H2/t11-/m1/s1. The van der Waals surface area contributed by atoms with Crippen molar-refractivity contribution in [3.63, 3.8) is 0 Å². The minimum absolute atomic E-state index is 0.00351. The number of benzene rings is 1. The van der Waals surface area contributed by atoms with Crippen LogP contribution >= 0.6 is 0 Å². The van der Waals surface area contributed by atoms with E-state index in [1.807, 2.05) is 0 Å². The van der Waals surface area contributed by atoms with E-state index in [0.29, 0.717) is 23.5 Å². The molecule has 17 heavy (non-hydrogen) atoms. The summed E-state index contributed by atoms with van der Waals surface area (Å²) in [5, 5.41) is 9.20. The number of nitrogens with zero attached hydrogens (tertiary/aromatic N) is 1. The van der Waals surface area contributed by atoms with Gasteiger partial charge in [-0.25, -0.2) is 0 Å². The molecule has 0 aromatic heterocycles. The molecule has 0 aliphatic carbocycles. The number of nitrogen functional groups attached to an aromatic ring is 2. The van der Waals surface area contributed by atoms with Crippen LogP contribution in [-0.2, 0) is 0 Å². The van der Waals surface area contributed by atoms with Gasteiger partial charge in [0.2, 0.25) is 0 Å². The van der Waals surface area contributed by atoms with Gasteiger partial charge in [0, 0.05) is 23.5 Å². The highest BCUT2D eigenvalue weighted by atomic mass is 16.3. The first kappa shape index (κ1) is 11.7. The van der Waals surface area contributed by atoms with Crippen LogP contribution in [0.5, 0.6) is 0 Å². The largest absolute Gasteiger partial charge is 0.399 e. The molecule has 0 saturated carbocycles. The topological polar surface area (TPSA) is 92.6 Å². The maximum absolute atomic E-state index is 12.2. The van der Waals surface area contributed by atoms with Crippen molar-refractivity contribution in [3.05, 3.63) is 23.8 Å². The number of nitrogens with two attached hydrogens (primary N) is 2. The van der Waals surface area contributed by atoms with E-state index < -0.39 is 0 Å². The molecular formula is C12H17N3O2. The molecule has 1 aromatic rings. The molecule has 5 heteroatoms. The summed E-state index contributed by atoms with van der Waals surface area (Å²) in [6, 6.07) is 4.77. The summed E-state index contributed by atoms with van der Waals surface area (Å²) in [6.45, 7) is 0.683. The number of carbonyl (C=O) groups is 1. The lowest BCUT2D eigenvalue weighted by molar-refractivity contribution is 0.0677. The van der Waals surface area contributed by atoms with Crippen LogP contribution in [0.2, 0.25) is 0 Å². The van der Waals surface area contributed by atoms with E-state index in [1.165, 1.54) is 0 Å². The molecule has 2 rings (SSSR count). The Bertz CT molecular complexity index is 414. The van der Waals surface area contributed by atoms with Gasteiger partial charge < -0.3 is 21.5 Å². The Morgan fingerprint density at radius 1 is 1.35 bits per heavy atom. The van der Waals surface area contributed by atoms with Crippen molar-refractivity contribution in [2.24, 2.45) is 0 Å². The molecule has 0 bridgehead atoms. The van der Waals surface area contributed by atoms with Crippen LogP contribution in [0.4, 0.5) is 11.4 Å². The minimum Gasteiger partial charge on any atom is -0.399 e. The van der Waals surface area contributed by atoms with Crippen LogP contribution in [0, 0.1) is 0 Å². The molecule has 1 aromatic carbocycles. The second-order valence-corrected chi connectivity index (χ2v) is 4.37. The first-order chi connectivity index (χ1) is 8.11. The fourth-order valence-corrected chi connectivity index (χ4v) is 2.26. The number of anilines is 2. The van der Waals surface area contributed by atoms with E-state index in [-0.39, 0.29) is 18.6 Å². The van der Waals surface area contributed by atoms with Crippen molar-refractivity contribution in [1.82, 2.24) is 4.90 Å². The fourth-order valence-electron chi connectivity index (χ4n) is 2.26. The van der Waals surface area contributed by atoms with Crippen LogP contribution in [0.1, 0.15) is 23.2 Å². The molecule has 1 amide bonds. The van der Waals surface area contributed by atoms with Gasteiger partial charge in [-0.3, -0.25) is 4.79 Å². The molecular weight excluding hydrogens is 218 g/mol. The second-order valence-electron chi connectivity index (χ2n) is 4.37. The van der Waals surface area contributed by atoms with Gasteiger partial charge in [0.1, 0.15) is 0 Å². The van der Waals surface area contributed by atoms with Crippen molar-refractivity contribution in [2.75, 3.05) is 24.6 Å². The van der Waals surface area contributed by atoms with Crippen molar-refractivity contribution in [2.45, 2.75) is 18.9 Å². The van der Waals surface area contributed by atoms with Crippen molar-refractivity contribution in [1.29, 1.82) is 0 Å². The van der Waals surface area contributed by atoms with Crippen LogP contribution in [0.15, 0.2) is 18.2 Å². The number of hydrogen-bond acceptors (Lipinski definition) is 4. The number of aliphatic hydroxyl groups is 1. The minimum atomic E-state index is -0.111. The monoisotopic (exact) mass is 235 g/mol. The van der Waals surface area contributed by atoms with Gasteiger partial charge in [0.05, 0.1) is 12.6 Å². The first-order valence-corrected chi connectivity index (χ1v) is 5.69. The Hall–Kier alpha value is -1.75. The third-order valence-corrected chi connectivity index (χ3v) is 3.07. The van der Waals surface area contributed by atoms with Gasteiger partial charge in [0.15, 0.2) is 0 Å². The lowest BCUT2D eigenvalue weighted by atomic mass is 10.1. The fraction of sp³-hybridized carbons (Fsp3) is 0.417. The Kier molecular flexibility index (Phi) is 3.19. The third-order valence-electron chi connectivity index (χ3n) is 3.07. The predicted molar refractivity (Wildman–Crippen MR) is 66.4 cm³/mol. The van der Waals surface area contributed by atoms with E-state index in [4.69, 9.17) is 11.5 Å². The number of likely N-dealkylation sites (tertiary alicyclic amines) is 1. The molecule has 1 aliphatic rings. The number of hydrogen-bond donors (Lipinski definition) is 3. The molecule has 1 heterocycles. The van der Waals surface area contributed by atoms with Crippen LogP contribution in [0.25, 0.3) is 0 Å². The maximum atomic E-state index is 12.2. The molecule has 0 radical (unpaired) electrons. The van der Waals surface area contributed by atoms with E-state index in [2.05, 4.69) is 0 Å². The Morgan fingerprint density at radius 3 is 2.59 bits per heavy atom. The third kappa shape index (κ3) is 2.34. The first-order valence-electron chi connectivity index (χ1n) is 5.69. The molecule has 92 valence electrons. The predicted octanol–water partition coefficient (Wildman–Crippen LogP) is 0.448. The molecule has 1 atom stereocenters. The van der Waals surface area contributed by atoms with Gasteiger partial charge in [-0.05, 0) is 31.0 Å². The van der Waals surface area contributed by atoms with Crippen molar-refractivity contribution < 1.29 is 9.90 Å². The van der Waals surface area contributed by atoms with Crippen LogP contribution < -0.4 is 11.5 Å². The molecule has 5 nitrogen and oxygen atoms in total. The maximum Gasteiger partial charge on any atom is 0.254 e. The summed E-state index contributed by atoms with van der Waals surface area (Å²) in [6.07, 6.45) is 1.77. The zero-order valence-electron chi connectivity index (χ0n) is 9.60. The summed E-state index contributed by atoms with van der Waals surface area (Å²) in [4.78, 5) is 13.9. The molecule has 1 fully saturated rings. The number of carbonyl (C=O) groups excluding carboxylic acids is 1. The zero-order valence-corrected chi connectivity index (χ0v) is 9.60. The second kappa shape index (κ2) is 4.63. The number of amides is 1. The summed E-state index contributed by atoms with van der Waals surface area (Å²) in [7, 11) is 0. The van der Waals surface area contributed by atoms with E-state index >= 15 is 0 Å². The van der Waals surface area contributed by atoms with E-state index in [9.17, 15) is 9.90 Å². The van der Waals surface area contributed by atoms with Gasteiger partial charge in [-0.1, -0.05) is 0 Å². The van der Waals surface area contributed by atoms with Gasteiger partial charge in [-0.15, -0.1) is 0 Å². The summed E-state index contributed by atoms with van der Waals surface area (Å²) in [5.41, 5.74) is 12.8. The summed E-state index contributed by atoms with van der Waals surface area (Å²) >= 11 is 0. The Labute approximate surface area is 100 Å². The van der Waals surface area contributed by atoms with Crippen molar-refractivity contribution >= 4 is 17.3 Å². The zero-order chi connectivity index (χ0) is 12.4. The summed E-state index contributed by atoms with van der Waals surface area (Å²) < 4.78 is 0. The number of aliphatic hydroxyl groups excluding tert-OH is 1. The van der Waals surface area contributed by atoms with E-state index in [1.54, 1.807) is 23.1 Å². The highest BCUT2D eigenvalue weighted by Crippen LogP contribution is 2.22. The lowest BCUT2D eigenvalue weighted by Gasteiger charge is -2.23. The highest BCUT2D eigenvalue weighted by Gasteiger charge is 2.28. The molecule has 0 spiro atoms. The average molecular weight is 235 g/mol. The average Bonchev–Trinajstić information content (AvgIpc) is 2.74. The Balaban J connectivity index is 2.24. The number of rotatable bonds is 2. The molecule has 0 unspecified atom stereocenters. The lowest BCUT2D eigenvalue weighted by Crippen LogP contribution is -2.37. The SMILES string of the molecule is Nc1cc(N)cc(C(=O)N2CCC[C@@H]2CO)c1. The molecule has 1 saturated heterocycles. The van der Waals surface area contributed by atoms with E-state index in [0.717, 1.165) is 12.8 Å². The van der Waals surface area contributed by atoms with Crippen molar-refractivity contribution in [3.8, 4) is 0 Å². The normalized spacial score (nSPS) is 19.6. The van der Waals surface area contributed by atoms with Crippen LogP contribution in [0.3, 0.4) is 0 Å². The molecule has 5 N–H and O–H groups in total. The quantitative estimate of drug-likeness (QED) is 0.649. The molecule has 1 aliphatic heterocycles. The summed E-state index contributed by atoms with van der Waals surface area (Å²) in [5.74, 6) is -0.111. The highest BCUT2D eigenvalue weighted by molar-refractivity contribution is 5.96. The Morgan fingerprint density at radius 2 is 2.00 bits per heavy atom. The van der Waals surface area contributed by atoms with Gasteiger partial charge in [-0.2, -0.15) is 0 Å². The van der Waals surface area contributed by atoms with Gasteiger partial charge >= 0.3 is 0 Å².